The lowest BCUT2D eigenvalue weighted by atomic mass is 10.0. The molecule has 4 nitrogen and oxygen atoms in total. The van der Waals surface area contributed by atoms with Crippen LogP contribution < -0.4 is 15.4 Å². The normalized spacial score (nSPS) is 22.8. The van der Waals surface area contributed by atoms with Crippen molar-refractivity contribution >= 4 is 5.91 Å². The highest BCUT2D eigenvalue weighted by atomic mass is 16.5. The number of benzene rings is 1. The minimum absolute atomic E-state index is 0.0457. The first-order valence-corrected chi connectivity index (χ1v) is 6.34. The summed E-state index contributed by atoms with van der Waals surface area (Å²) in [6.07, 6.45) is 1.07. The largest absolute Gasteiger partial charge is 0.497 e. The summed E-state index contributed by atoms with van der Waals surface area (Å²) >= 11 is 0. The summed E-state index contributed by atoms with van der Waals surface area (Å²) in [6.45, 7) is 3.58. The Kier molecular flexibility index (Phi) is 4.20. The van der Waals surface area contributed by atoms with Gasteiger partial charge < -0.3 is 15.4 Å². The molecule has 0 saturated carbocycles. The van der Waals surface area contributed by atoms with Crippen LogP contribution in [-0.2, 0) is 11.3 Å². The Morgan fingerprint density at radius 1 is 1.56 bits per heavy atom. The van der Waals surface area contributed by atoms with Crippen molar-refractivity contribution in [3.05, 3.63) is 29.8 Å². The molecular formula is C14H20N2O2. The third-order valence-electron chi connectivity index (χ3n) is 3.42. The van der Waals surface area contributed by atoms with E-state index in [4.69, 9.17) is 4.74 Å². The second kappa shape index (κ2) is 5.87. The van der Waals surface area contributed by atoms with E-state index in [1.165, 1.54) is 0 Å². The Labute approximate surface area is 108 Å². The van der Waals surface area contributed by atoms with Crippen molar-refractivity contribution in [3.63, 3.8) is 0 Å². The maximum Gasteiger partial charge on any atom is 0.237 e. The van der Waals surface area contributed by atoms with Crippen LogP contribution >= 0.6 is 0 Å². The number of methoxy groups -OCH3 is 1. The summed E-state index contributed by atoms with van der Waals surface area (Å²) in [5, 5.41) is 6.19. The van der Waals surface area contributed by atoms with Crippen molar-refractivity contribution in [2.24, 2.45) is 5.92 Å². The predicted octanol–water partition coefficient (Wildman–Crippen LogP) is 1.31. The van der Waals surface area contributed by atoms with E-state index in [-0.39, 0.29) is 11.9 Å². The van der Waals surface area contributed by atoms with Gasteiger partial charge in [-0.25, -0.2) is 0 Å². The highest BCUT2D eigenvalue weighted by molar-refractivity contribution is 5.82. The molecule has 2 N–H and O–H groups in total. The van der Waals surface area contributed by atoms with Crippen LogP contribution in [0.25, 0.3) is 0 Å². The van der Waals surface area contributed by atoms with Crippen LogP contribution in [0.1, 0.15) is 18.9 Å². The van der Waals surface area contributed by atoms with E-state index >= 15 is 0 Å². The topological polar surface area (TPSA) is 50.4 Å². The summed E-state index contributed by atoms with van der Waals surface area (Å²) in [4.78, 5) is 12.0. The monoisotopic (exact) mass is 248 g/mol. The van der Waals surface area contributed by atoms with Crippen LogP contribution in [0.3, 0.4) is 0 Å². The molecule has 1 amide bonds. The number of hydrogen-bond acceptors (Lipinski definition) is 3. The summed E-state index contributed by atoms with van der Waals surface area (Å²) in [7, 11) is 1.64. The molecule has 1 heterocycles. The number of ether oxygens (including phenoxy) is 1. The average molecular weight is 248 g/mol. The Balaban J connectivity index is 1.88. The van der Waals surface area contributed by atoms with Crippen molar-refractivity contribution in [2.45, 2.75) is 25.9 Å². The van der Waals surface area contributed by atoms with E-state index in [0.29, 0.717) is 12.5 Å². The van der Waals surface area contributed by atoms with Crippen LogP contribution in [-0.4, -0.2) is 25.6 Å². The second-order valence-corrected chi connectivity index (χ2v) is 4.77. The average Bonchev–Trinajstić information content (AvgIpc) is 2.82. The Hall–Kier alpha value is -1.55. The molecule has 1 saturated heterocycles. The predicted molar refractivity (Wildman–Crippen MR) is 70.4 cm³/mol. The molecule has 98 valence electrons. The van der Waals surface area contributed by atoms with Crippen molar-refractivity contribution in [1.29, 1.82) is 0 Å². The molecule has 0 aromatic heterocycles. The van der Waals surface area contributed by atoms with Gasteiger partial charge in [-0.15, -0.1) is 0 Å². The van der Waals surface area contributed by atoms with Gasteiger partial charge in [0.15, 0.2) is 0 Å². The van der Waals surface area contributed by atoms with Crippen LogP contribution in [0.5, 0.6) is 5.75 Å². The summed E-state index contributed by atoms with van der Waals surface area (Å²) in [5.74, 6) is 1.31. The molecule has 2 rings (SSSR count). The number of carbonyl (C=O) groups is 1. The first-order valence-electron chi connectivity index (χ1n) is 6.34. The molecule has 0 aliphatic carbocycles. The molecule has 1 aliphatic heterocycles. The minimum atomic E-state index is -0.0457. The fourth-order valence-electron chi connectivity index (χ4n) is 2.27. The van der Waals surface area contributed by atoms with Gasteiger partial charge >= 0.3 is 0 Å². The van der Waals surface area contributed by atoms with Crippen LogP contribution in [0.4, 0.5) is 0 Å². The molecule has 0 bridgehead atoms. The van der Waals surface area contributed by atoms with Crippen molar-refractivity contribution in [3.8, 4) is 5.75 Å². The van der Waals surface area contributed by atoms with Gasteiger partial charge in [0.2, 0.25) is 5.91 Å². The van der Waals surface area contributed by atoms with Crippen molar-refractivity contribution < 1.29 is 9.53 Å². The Bertz CT molecular complexity index is 420. The van der Waals surface area contributed by atoms with E-state index in [2.05, 4.69) is 17.6 Å². The highest BCUT2D eigenvalue weighted by Crippen LogP contribution is 2.15. The third kappa shape index (κ3) is 3.01. The molecule has 1 aromatic rings. The van der Waals surface area contributed by atoms with E-state index in [1.807, 2.05) is 24.3 Å². The lowest BCUT2D eigenvalue weighted by Gasteiger charge is -2.15. The van der Waals surface area contributed by atoms with Gasteiger partial charge in [0.1, 0.15) is 5.75 Å². The van der Waals surface area contributed by atoms with Crippen molar-refractivity contribution in [2.75, 3.05) is 13.7 Å². The molecule has 1 aromatic carbocycles. The number of hydrogen-bond donors (Lipinski definition) is 2. The number of rotatable bonds is 4. The van der Waals surface area contributed by atoms with Crippen molar-refractivity contribution in [1.82, 2.24) is 10.6 Å². The maximum atomic E-state index is 12.0. The van der Waals surface area contributed by atoms with Gasteiger partial charge in [0, 0.05) is 6.54 Å². The second-order valence-electron chi connectivity index (χ2n) is 4.77. The van der Waals surface area contributed by atoms with Gasteiger partial charge in [-0.2, -0.15) is 0 Å². The van der Waals surface area contributed by atoms with Gasteiger partial charge in [-0.3, -0.25) is 4.79 Å². The Morgan fingerprint density at radius 3 is 3.06 bits per heavy atom. The van der Waals surface area contributed by atoms with Gasteiger partial charge in [0.05, 0.1) is 13.2 Å². The zero-order chi connectivity index (χ0) is 13.0. The standard InChI is InChI=1S/C14H20N2O2/c1-10-6-7-15-13(10)14(17)16-9-11-4-3-5-12(8-11)18-2/h3-5,8,10,13,15H,6-7,9H2,1-2H3,(H,16,17). The zero-order valence-electron chi connectivity index (χ0n) is 10.9. The quantitative estimate of drug-likeness (QED) is 0.844. The number of carbonyl (C=O) groups excluding carboxylic acids is 1. The first kappa shape index (κ1) is 12.9. The molecule has 2 atom stereocenters. The highest BCUT2D eigenvalue weighted by Gasteiger charge is 2.28. The summed E-state index contributed by atoms with van der Waals surface area (Å²) in [5.41, 5.74) is 1.05. The van der Waals surface area contributed by atoms with E-state index < -0.39 is 0 Å². The van der Waals surface area contributed by atoms with Crippen LogP contribution in [0.15, 0.2) is 24.3 Å². The molecule has 4 heteroatoms. The first-order chi connectivity index (χ1) is 8.70. The maximum absolute atomic E-state index is 12.0. The molecule has 0 radical (unpaired) electrons. The van der Waals surface area contributed by atoms with Crippen LogP contribution in [0, 0.1) is 5.92 Å². The molecular weight excluding hydrogens is 228 g/mol. The molecule has 1 fully saturated rings. The smallest absolute Gasteiger partial charge is 0.237 e. The third-order valence-corrected chi connectivity index (χ3v) is 3.42. The van der Waals surface area contributed by atoms with E-state index in [9.17, 15) is 4.79 Å². The van der Waals surface area contributed by atoms with E-state index in [0.717, 1.165) is 24.3 Å². The van der Waals surface area contributed by atoms with Gasteiger partial charge in [-0.1, -0.05) is 19.1 Å². The van der Waals surface area contributed by atoms with Gasteiger partial charge in [0.25, 0.3) is 0 Å². The summed E-state index contributed by atoms with van der Waals surface area (Å²) in [6, 6.07) is 7.69. The van der Waals surface area contributed by atoms with Gasteiger partial charge in [-0.05, 0) is 36.6 Å². The fourth-order valence-corrected chi connectivity index (χ4v) is 2.27. The number of nitrogens with one attached hydrogen (secondary N) is 2. The molecule has 2 unspecified atom stereocenters. The lowest BCUT2D eigenvalue weighted by molar-refractivity contribution is -0.123. The SMILES string of the molecule is COc1cccc(CNC(=O)C2NCCC2C)c1. The fraction of sp³-hybridized carbons (Fsp3) is 0.500. The summed E-state index contributed by atoms with van der Waals surface area (Å²) < 4.78 is 5.15. The van der Waals surface area contributed by atoms with Crippen LogP contribution in [0.2, 0.25) is 0 Å². The van der Waals surface area contributed by atoms with E-state index in [1.54, 1.807) is 7.11 Å². The minimum Gasteiger partial charge on any atom is -0.497 e. The molecule has 1 aliphatic rings. The zero-order valence-corrected chi connectivity index (χ0v) is 10.9. The Morgan fingerprint density at radius 2 is 2.39 bits per heavy atom. The molecule has 18 heavy (non-hydrogen) atoms. The lowest BCUT2D eigenvalue weighted by Crippen LogP contribution is -2.42. The number of amides is 1. The molecule has 0 spiro atoms.